The summed E-state index contributed by atoms with van der Waals surface area (Å²) in [6.07, 6.45) is 2.77. The van der Waals surface area contributed by atoms with Crippen molar-refractivity contribution in [2.75, 3.05) is 23.7 Å². The van der Waals surface area contributed by atoms with Gasteiger partial charge in [0.25, 0.3) is 5.69 Å². The van der Waals surface area contributed by atoms with Gasteiger partial charge in [-0.2, -0.15) is 0 Å². The fourth-order valence-corrected chi connectivity index (χ4v) is 5.33. The van der Waals surface area contributed by atoms with E-state index in [1.54, 1.807) is 0 Å². The zero-order valence-electron chi connectivity index (χ0n) is 22.9. The van der Waals surface area contributed by atoms with Crippen LogP contribution in [0.5, 0.6) is 0 Å². The smallest absolute Gasteiger partial charge is 0.271 e. The van der Waals surface area contributed by atoms with Crippen LogP contribution in [0, 0.1) is 10.1 Å². The molecule has 0 radical (unpaired) electrons. The van der Waals surface area contributed by atoms with Crippen LogP contribution in [0.3, 0.4) is 0 Å². The Hall–Kier alpha value is -3.77. The SMILES string of the molecule is CCCCNC(=O)[C@H](Cc1ccccc1)N(Cc1ccc(Br)cc1)C(=O)CN(c1cccc([N+](=O)[O-])c1)S(C)(=O)=O. The third kappa shape index (κ3) is 9.39. The van der Waals surface area contributed by atoms with Crippen molar-refractivity contribution >= 4 is 49.1 Å². The molecule has 0 fully saturated rings. The van der Waals surface area contributed by atoms with Crippen LogP contribution in [-0.2, 0) is 32.6 Å². The lowest BCUT2D eigenvalue weighted by atomic mass is 10.0. The normalized spacial score (nSPS) is 11.9. The van der Waals surface area contributed by atoms with E-state index in [-0.39, 0.29) is 30.2 Å². The molecule has 41 heavy (non-hydrogen) atoms. The van der Waals surface area contributed by atoms with Crippen molar-refractivity contribution in [3.63, 3.8) is 0 Å². The number of nitrogens with zero attached hydrogens (tertiary/aromatic N) is 3. The summed E-state index contributed by atoms with van der Waals surface area (Å²) in [7, 11) is -4.03. The summed E-state index contributed by atoms with van der Waals surface area (Å²) < 4.78 is 27.3. The third-order valence-corrected chi connectivity index (χ3v) is 8.04. The van der Waals surface area contributed by atoms with Gasteiger partial charge in [-0.3, -0.25) is 24.0 Å². The number of benzene rings is 3. The fraction of sp³-hybridized carbons (Fsp3) is 0.310. The summed E-state index contributed by atoms with van der Waals surface area (Å²) in [5.41, 5.74) is 1.23. The molecule has 3 aromatic rings. The first kappa shape index (κ1) is 31.8. The lowest BCUT2D eigenvalue weighted by Gasteiger charge is -2.33. The number of rotatable bonds is 14. The molecule has 12 heteroatoms. The van der Waals surface area contributed by atoms with E-state index in [0.29, 0.717) is 6.54 Å². The number of anilines is 1. The molecule has 3 aromatic carbocycles. The summed E-state index contributed by atoms with van der Waals surface area (Å²) >= 11 is 3.40. The van der Waals surface area contributed by atoms with Crippen LogP contribution in [0.1, 0.15) is 30.9 Å². The van der Waals surface area contributed by atoms with Gasteiger partial charge in [0.2, 0.25) is 21.8 Å². The van der Waals surface area contributed by atoms with E-state index >= 15 is 0 Å². The van der Waals surface area contributed by atoms with E-state index < -0.39 is 33.4 Å². The van der Waals surface area contributed by atoms with E-state index in [1.165, 1.54) is 23.1 Å². The number of hydrogen-bond donors (Lipinski definition) is 1. The first-order valence-corrected chi connectivity index (χ1v) is 15.7. The molecule has 0 heterocycles. The van der Waals surface area contributed by atoms with Gasteiger partial charge in [-0.15, -0.1) is 0 Å². The Morgan fingerprint density at radius 2 is 1.68 bits per heavy atom. The zero-order valence-corrected chi connectivity index (χ0v) is 25.3. The zero-order chi connectivity index (χ0) is 30.0. The first-order chi connectivity index (χ1) is 19.5. The van der Waals surface area contributed by atoms with Crippen LogP contribution in [0.25, 0.3) is 0 Å². The number of halogens is 1. The molecule has 1 atom stereocenters. The number of carbonyl (C=O) groups is 2. The topological polar surface area (TPSA) is 130 Å². The molecule has 0 aromatic heterocycles. The molecular weight excluding hydrogens is 612 g/mol. The summed E-state index contributed by atoms with van der Waals surface area (Å²) in [4.78, 5) is 39.7. The van der Waals surface area contributed by atoms with Crippen molar-refractivity contribution in [3.05, 3.63) is 105 Å². The number of amides is 2. The molecular formula is C29H33BrN4O6S. The quantitative estimate of drug-likeness (QED) is 0.154. The second-order valence-electron chi connectivity index (χ2n) is 9.54. The van der Waals surface area contributed by atoms with E-state index in [2.05, 4.69) is 21.2 Å². The highest BCUT2D eigenvalue weighted by Crippen LogP contribution is 2.24. The molecule has 0 bridgehead atoms. The van der Waals surface area contributed by atoms with Crippen LogP contribution >= 0.6 is 15.9 Å². The second-order valence-corrected chi connectivity index (χ2v) is 12.4. The average Bonchev–Trinajstić information content (AvgIpc) is 2.94. The van der Waals surface area contributed by atoms with Gasteiger partial charge in [-0.25, -0.2) is 8.42 Å². The maximum Gasteiger partial charge on any atom is 0.271 e. The third-order valence-electron chi connectivity index (χ3n) is 6.37. The maximum atomic E-state index is 14.0. The van der Waals surface area contributed by atoms with Gasteiger partial charge in [0.05, 0.1) is 16.9 Å². The van der Waals surface area contributed by atoms with Gasteiger partial charge >= 0.3 is 0 Å². The van der Waals surface area contributed by atoms with Gasteiger partial charge < -0.3 is 10.2 Å². The summed E-state index contributed by atoms with van der Waals surface area (Å²) in [6, 6.07) is 20.7. The molecule has 0 aliphatic carbocycles. The standard InChI is InChI=1S/C29H33BrN4O6S/c1-3-4-17-31-29(36)27(18-22-9-6-5-7-10-22)32(20-23-13-15-24(30)16-14-23)28(35)21-33(41(2,39)40)25-11-8-12-26(19-25)34(37)38/h5-16,19,27H,3-4,17-18,20-21H2,1-2H3,(H,31,36)/t27-/m0/s1. The molecule has 218 valence electrons. The van der Waals surface area contributed by atoms with Gasteiger partial charge in [0.15, 0.2) is 0 Å². The number of nitro groups is 1. The minimum atomic E-state index is -4.03. The van der Waals surface area contributed by atoms with E-state index in [4.69, 9.17) is 0 Å². The van der Waals surface area contributed by atoms with E-state index in [9.17, 15) is 28.1 Å². The van der Waals surface area contributed by atoms with Crippen molar-refractivity contribution in [1.82, 2.24) is 10.2 Å². The molecule has 10 nitrogen and oxygen atoms in total. The lowest BCUT2D eigenvalue weighted by Crippen LogP contribution is -2.53. The van der Waals surface area contributed by atoms with Crippen LogP contribution < -0.4 is 9.62 Å². The highest BCUT2D eigenvalue weighted by Gasteiger charge is 2.33. The summed E-state index contributed by atoms with van der Waals surface area (Å²) in [6.45, 7) is 1.83. The summed E-state index contributed by atoms with van der Waals surface area (Å²) in [5.74, 6) is -0.981. The molecule has 0 spiro atoms. The maximum absolute atomic E-state index is 14.0. The molecule has 2 amide bonds. The van der Waals surface area contributed by atoms with E-state index in [0.717, 1.165) is 45.1 Å². The monoisotopic (exact) mass is 644 g/mol. The predicted octanol–water partition coefficient (Wildman–Crippen LogP) is 4.68. The molecule has 0 aliphatic rings. The van der Waals surface area contributed by atoms with Gasteiger partial charge in [-0.05, 0) is 35.7 Å². The Morgan fingerprint density at radius 3 is 2.29 bits per heavy atom. The van der Waals surface area contributed by atoms with Gasteiger partial charge in [0.1, 0.15) is 12.6 Å². The number of carbonyl (C=O) groups excluding carboxylic acids is 2. The minimum absolute atomic E-state index is 0.0225. The Labute approximate surface area is 248 Å². The predicted molar refractivity (Wildman–Crippen MR) is 162 cm³/mol. The Balaban J connectivity index is 2.04. The van der Waals surface area contributed by atoms with Gasteiger partial charge in [0, 0.05) is 36.1 Å². The minimum Gasteiger partial charge on any atom is -0.354 e. The van der Waals surface area contributed by atoms with Crippen LogP contribution in [0.2, 0.25) is 0 Å². The van der Waals surface area contributed by atoms with Crippen molar-refractivity contribution in [1.29, 1.82) is 0 Å². The number of non-ortho nitro benzene ring substituents is 1. The molecule has 0 saturated carbocycles. The van der Waals surface area contributed by atoms with Crippen LogP contribution in [0.4, 0.5) is 11.4 Å². The molecule has 0 aliphatic heterocycles. The molecule has 3 rings (SSSR count). The average molecular weight is 646 g/mol. The number of hydrogen-bond acceptors (Lipinski definition) is 6. The summed E-state index contributed by atoms with van der Waals surface area (Å²) in [5, 5.41) is 14.3. The van der Waals surface area contributed by atoms with Crippen LogP contribution in [0.15, 0.2) is 83.3 Å². The van der Waals surface area contributed by atoms with Crippen molar-refractivity contribution in [3.8, 4) is 0 Å². The largest absolute Gasteiger partial charge is 0.354 e. The number of unbranched alkanes of at least 4 members (excludes halogenated alkanes) is 1. The first-order valence-electron chi connectivity index (χ1n) is 13.1. The van der Waals surface area contributed by atoms with Crippen molar-refractivity contribution in [2.45, 2.75) is 38.8 Å². The number of nitro benzene ring substituents is 1. The Bertz CT molecular complexity index is 1450. The lowest BCUT2D eigenvalue weighted by molar-refractivity contribution is -0.384. The van der Waals surface area contributed by atoms with E-state index in [1.807, 2.05) is 61.5 Å². The van der Waals surface area contributed by atoms with Crippen molar-refractivity contribution in [2.24, 2.45) is 0 Å². The Morgan fingerprint density at radius 1 is 1.00 bits per heavy atom. The number of nitrogens with one attached hydrogen (secondary N) is 1. The van der Waals surface area contributed by atoms with Crippen molar-refractivity contribution < 1.29 is 22.9 Å². The molecule has 1 N–H and O–H groups in total. The van der Waals surface area contributed by atoms with Gasteiger partial charge in [-0.1, -0.05) is 77.8 Å². The Kier molecular flexibility index (Phi) is 11.4. The second kappa shape index (κ2) is 14.7. The highest BCUT2D eigenvalue weighted by molar-refractivity contribution is 9.10. The molecule has 0 unspecified atom stereocenters. The highest BCUT2D eigenvalue weighted by atomic mass is 79.9. The number of sulfonamides is 1. The van der Waals surface area contributed by atoms with Crippen LogP contribution in [-0.4, -0.2) is 55.4 Å². The molecule has 0 saturated heterocycles. The fourth-order valence-electron chi connectivity index (χ4n) is 4.22.